The molecule has 0 spiro atoms. The van der Waals surface area contributed by atoms with Gasteiger partial charge in [-0.25, -0.2) is 0 Å². The molecule has 1 atom stereocenters. The number of hydrogen-bond donors (Lipinski definition) is 1. The predicted molar refractivity (Wildman–Crippen MR) is 120 cm³/mol. The maximum absolute atomic E-state index is 13.2. The predicted octanol–water partition coefficient (Wildman–Crippen LogP) is 3.42. The van der Waals surface area contributed by atoms with Crippen molar-refractivity contribution in [3.8, 4) is 0 Å². The second-order valence-corrected chi connectivity index (χ2v) is 8.26. The molecule has 30 heavy (non-hydrogen) atoms. The first-order valence-corrected chi connectivity index (χ1v) is 10.5. The quantitative estimate of drug-likeness (QED) is 0.465. The summed E-state index contributed by atoms with van der Waals surface area (Å²) in [7, 11) is 0. The molecule has 2 saturated heterocycles. The zero-order valence-electron chi connectivity index (χ0n) is 17.4. The highest BCUT2D eigenvalue weighted by Gasteiger charge is 2.34. The van der Waals surface area contributed by atoms with Crippen LogP contribution in [0, 0.1) is 20.8 Å². The number of aromatic nitrogens is 1. The largest absolute Gasteiger partial charge is 0.376 e. The van der Waals surface area contributed by atoms with Crippen LogP contribution >= 0.6 is 12.2 Å². The van der Waals surface area contributed by atoms with E-state index in [4.69, 9.17) is 17.0 Å². The number of nitrogens with zero attached hydrogens (tertiary/aromatic N) is 2. The SMILES string of the molecule is Cc1cccc(N2C(=O)/C(=C/c3cc(C)n(CC4CCCO4)c3C)C(=O)NC2=S)c1. The summed E-state index contributed by atoms with van der Waals surface area (Å²) in [6.07, 6.45) is 4.02. The molecule has 0 aliphatic carbocycles. The topological polar surface area (TPSA) is 63.6 Å². The summed E-state index contributed by atoms with van der Waals surface area (Å²) >= 11 is 5.28. The van der Waals surface area contributed by atoms with Crippen molar-refractivity contribution in [2.75, 3.05) is 11.5 Å². The molecule has 0 radical (unpaired) electrons. The average molecular weight is 424 g/mol. The maximum atomic E-state index is 13.2. The van der Waals surface area contributed by atoms with E-state index in [-0.39, 0.29) is 16.8 Å². The first kappa shape index (κ1) is 20.5. The number of anilines is 1. The van der Waals surface area contributed by atoms with E-state index in [1.54, 1.807) is 12.1 Å². The number of ether oxygens (including phenoxy) is 1. The highest BCUT2D eigenvalue weighted by atomic mass is 32.1. The molecule has 1 aromatic carbocycles. The van der Waals surface area contributed by atoms with Gasteiger partial charge in [0.15, 0.2) is 5.11 Å². The molecule has 1 N–H and O–H groups in total. The molecule has 156 valence electrons. The molecule has 6 nitrogen and oxygen atoms in total. The van der Waals surface area contributed by atoms with Crippen LogP contribution in [-0.4, -0.2) is 34.2 Å². The van der Waals surface area contributed by atoms with Crippen molar-refractivity contribution in [1.82, 2.24) is 9.88 Å². The third-order valence-electron chi connectivity index (χ3n) is 5.68. The van der Waals surface area contributed by atoms with Crippen molar-refractivity contribution < 1.29 is 14.3 Å². The third kappa shape index (κ3) is 3.82. The van der Waals surface area contributed by atoms with Gasteiger partial charge >= 0.3 is 0 Å². The first-order chi connectivity index (χ1) is 14.3. The smallest absolute Gasteiger partial charge is 0.270 e. The number of carbonyl (C=O) groups excluding carboxylic acids is 2. The number of benzene rings is 1. The Bertz CT molecular complexity index is 1060. The molecule has 1 unspecified atom stereocenters. The fourth-order valence-corrected chi connectivity index (χ4v) is 4.34. The molecular formula is C23H25N3O3S. The molecule has 7 heteroatoms. The Morgan fingerprint density at radius 1 is 1.23 bits per heavy atom. The van der Waals surface area contributed by atoms with Gasteiger partial charge in [-0.2, -0.15) is 0 Å². The van der Waals surface area contributed by atoms with E-state index in [2.05, 4.69) is 9.88 Å². The van der Waals surface area contributed by atoms with Gasteiger partial charge in [0.2, 0.25) is 0 Å². The van der Waals surface area contributed by atoms with Crippen LogP contribution in [0.5, 0.6) is 0 Å². The van der Waals surface area contributed by atoms with Gasteiger partial charge in [0.25, 0.3) is 11.8 Å². The summed E-state index contributed by atoms with van der Waals surface area (Å²) in [4.78, 5) is 27.2. The molecule has 2 fully saturated rings. The lowest BCUT2D eigenvalue weighted by Crippen LogP contribution is -2.54. The van der Waals surface area contributed by atoms with Crippen LogP contribution in [0.25, 0.3) is 6.08 Å². The molecule has 4 rings (SSSR count). The molecular weight excluding hydrogens is 398 g/mol. The number of amides is 2. The number of aryl methyl sites for hydroxylation is 2. The van der Waals surface area contributed by atoms with Crippen molar-refractivity contribution >= 4 is 40.9 Å². The average Bonchev–Trinajstić information content (AvgIpc) is 3.29. The molecule has 1 aromatic heterocycles. The fraction of sp³-hybridized carbons (Fsp3) is 0.348. The third-order valence-corrected chi connectivity index (χ3v) is 5.97. The zero-order valence-corrected chi connectivity index (χ0v) is 18.2. The van der Waals surface area contributed by atoms with Gasteiger partial charge in [0.1, 0.15) is 5.57 Å². The Balaban J connectivity index is 1.67. The van der Waals surface area contributed by atoms with Crippen LogP contribution in [0.4, 0.5) is 5.69 Å². The van der Waals surface area contributed by atoms with Gasteiger partial charge in [-0.3, -0.25) is 19.8 Å². The van der Waals surface area contributed by atoms with Gasteiger partial charge in [-0.05, 0) is 81.2 Å². The van der Waals surface area contributed by atoms with E-state index >= 15 is 0 Å². The van der Waals surface area contributed by atoms with Crippen LogP contribution < -0.4 is 10.2 Å². The summed E-state index contributed by atoms with van der Waals surface area (Å²) < 4.78 is 7.96. The zero-order chi connectivity index (χ0) is 21.4. The van der Waals surface area contributed by atoms with Gasteiger partial charge in [0.05, 0.1) is 11.8 Å². The Kier molecular flexibility index (Phi) is 5.58. The van der Waals surface area contributed by atoms with E-state index in [1.165, 1.54) is 4.90 Å². The van der Waals surface area contributed by atoms with Crippen molar-refractivity contribution in [2.24, 2.45) is 0 Å². The minimum Gasteiger partial charge on any atom is -0.376 e. The lowest BCUT2D eigenvalue weighted by Gasteiger charge is -2.29. The monoisotopic (exact) mass is 423 g/mol. The minimum atomic E-state index is -0.474. The second-order valence-electron chi connectivity index (χ2n) is 7.87. The van der Waals surface area contributed by atoms with Crippen LogP contribution in [0.15, 0.2) is 35.9 Å². The van der Waals surface area contributed by atoms with Crippen LogP contribution in [-0.2, 0) is 20.9 Å². The lowest BCUT2D eigenvalue weighted by atomic mass is 10.1. The molecule has 2 aliphatic heterocycles. The van der Waals surface area contributed by atoms with Gasteiger partial charge in [-0.1, -0.05) is 12.1 Å². The Labute approximate surface area is 181 Å². The summed E-state index contributed by atoms with van der Waals surface area (Å²) in [6.45, 7) is 7.56. The molecule has 2 aliphatic rings. The van der Waals surface area contributed by atoms with Crippen molar-refractivity contribution in [1.29, 1.82) is 0 Å². The molecule has 2 amide bonds. The first-order valence-electron chi connectivity index (χ1n) is 10.1. The van der Waals surface area contributed by atoms with Crippen molar-refractivity contribution in [2.45, 2.75) is 46.3 Å². The Hall–Kier alpha value is -2.77. The van der Waals surface area contributed by atoms with Crippen LogP contribution in [0.2, 0.25) is 0 Å². The highest BCUT2D eigenvalue weighted by molar-refractivity contribution is 7.80. The number of rotatable bonds is 4. The Morgan fingerprint density at radius 3 is 2.73 bits per heavy atom. The maximum Gasteiger partial charge on any atom is 0.270 e. The van der Waals surface area contributed by atoms with E-state index in [1.807, 2.05) is 45.0 Å². The molecule has 2 aromatic rings. The lowest BCUT2D eigenvalue weighted by molar-refractivity contribution is -0.122. The van der Waals surface area contributed by atoms with Gasteiger partial charge < -0.3 is 9.30 Å². The van der Waals surface area contributed by atoms with E-state index in [9.17, 15) is 9.59 Å². The number of nitrogens with one attached hydrogen (secondary N) is 1. The van der Waals surface area contributed by atoms with Crippen LogP contribution in [0.3, 0.4) is 0 Å². The van der Waals surface area contributed by atoms with Gasteiger partial charge in [0, 0.05) is 24.5 Å². The van der Waals surface area contributed by atoms with Crippen molar-refractivity contribution in [3.05, 3.63) is 58.4 Å². The summed E-state index contributed by atoms with van der Waals surface area (Å²) in [5.41, 5.74) is 4.64. The summed E-state index contributed by atoms with van der Waals surface area (Å²) in [5, 5.41) is 2.74. The summed E-state index contributed by atoms with van der Waals surface area (Å²) in [6, 6.07) is 9.48. The number of thiocarbonyl (C=S) groups is 1. The van der Waals surface area contributed by atoms with Crippen LogP contribution in [0.1, 0.15) is 35.4 Å². The number of carbonyl (C=O) groups is 2. The Morgan fingerprint density at radius 2 is 2.03 bits per heavy atom. The normalized spacial score (nSPS) is 20.9. The van der Waals surface area contributed by atoms with E-state index in [0.29, 0.717) is 5.69 Å². The van der Waals surface area contributed by atoms with E-state index < -0.39 is 11.8 Å². The molecule has 0 bridgehead atoms. The standard InChI is InChI=1S/C23H25N3O3S/c1-14-6-4-7-18(10-14)26-22(28)20(21(27)24-23(26)30)12-17-11-15(2)25(16(17)3)13-19-8-5-9-29-19/h4,6-7,10-12,19H,5,8-9,13H2,1-3H3,(H,24,27,30)/b20-12+. The highest BCUT2D eigenvalue weighted by Crippen LogP contribution is 2.26. The molecule has 3 heterocycles. The van der Waals surface area contributed by atoms with Crippen molar-refractivity contribution in [3.63, 3.8) is 0 Å². The van der Waals surface area contributed by atoms with Gasteiger partial charge in [-0.15, -0.1) is 0 Å². The summed E-state index contributed by atoms with van der Waals surface area (Å²) in [5.74, 6) is -0.892. The fourth-order valence-electron chi connectivity index (χ4n) is 4.06. The second kappa shape index (κ2) is 8.16. The minimum absolute atomic E-state index is 0.0717. The van der Waals surface area contributed by atoms with E-state index in [0.717, 1.165) is 48.5 Å². The number of hydrogen-bond acceptors (Lipinski definition) is 4. The molecule has 0 saturated carbocycles.